The number of nitrogens with one attached hydrogen (secondary N) is 1. The first-order valence-electron chi connectivity index (χ1n) is 5.14. The fourth-order valence-electron chi connectivity index (χ4n) is 1.77. The van der Waals surface area contributed by atoms with Crippen LogP contribution in [0.2, 0.25) is 0 Å². The molecule has 2 heterocycles. The molecule has 0 aromatic carbocycles. The molecule has 1 aromatic heterocycles. The predicted molar refractivity (Wildman–Crippen MR) is 59.0 cm³/mol. The van der Waals surface area contributed by atoms with Crippen LogP contribution in [0.3, 0.4) is 0 Å². The van der Waals surface area contributed by atoms with Gasteiger partial charge in [0.2, 0.25) is 0 Å². The second-order valence-electron chi connectivity index (χ2n) is 3.82. The average Bonchev–Trinajstić information content (AvgIpc) is 2.71. The minimum absolute atomic E-state index is 0.521. The van der Waals surface area contributed by atoms with Gasteiger partial charge in [0, 0.05) is 18.1 Å². The Morgan fingerprint density at radius 1 is 1.53 bits per heavy atom. The van der Waals surface area contributed by atoms with E-state index in [0.717, 1.165) is 25.2 Å². The molecule has 82 valence electrons. The van der Waals surface area contributed by atoms with Gasteiger partial charge >= 0.3 is 0 Å². The molecule has 1 N–H and O–H groups in total. The topological polar surface area (TPSA) is 54.9 Å². The van der Waals surface area contributed by atoms with E-state index in [1.54, 1.807) is 12.4 Å². The minimum atomic E-state index is -0.998. The average molecular weight is 225 g/mol. The summed E-state index contributed by atoms with van der Waals surface area (Å²) < 4.78 is 12.0. The van der Waals surface area contributed by atoms with Crippen LogP contribution in [-0.2, 0) is 10.8 Å². The summed E-state index contributed by atoms with van der Waals surface area (Å²) in [7, 11) is -0.998. The van der Waals surface area contributed by atoms with E-state index in [-0.39, 0.29) is 0 Å². The first-order valence-corrected chi connectivity index (χ1v) is 6.46. The number of nitrogens with zero attached hydrogens (tertiary/aromatic N) is 2. The summed E-state index contributed by atoms with van der Waals surface area (Å²) in [5, 5.41) is 3.92. The zero-order valence-electron chi connectivity index (χ0n) is 8.77. The lowest BCUT2D eigenvalue weighted by Crippen LogP contribution is -2.16. The zero-order chi connectivity index (χ0) is 10.7. The Morgan fingerprint density at radius 2 is 2.33 bits per heavy atom. The van der Waals surface area contributed by atoms with E-state index in [2.05, 4.69) is 15.3 Å². The lowest BCUT2D eigenvalue weighted by atomic mass is 10.2. The van der Waals surface area contributed by atoms with E-state index in [9.17, 15) is 4.21 Å². The molecule has 0 spiro atoms. The standard InChI is InChI=1S/C10H15N3OS/c1-8-10(13-5-4-12-8)15(14)7-9-2-3-11-6-9/h4-5,9,11H,2-3,6-7H2,1H3/t9-,15+/m1/s1. The summed E-state index contributed by atoms with van der Waals surface area (Å²) in [6.45, 7) is 3.87. The second-order valence-corrected chi connectivity index (χ2v) is 5.23. The van der Waals surface area contributed by atoms with Gasteiger partial charge in [0.05, 0.1) is 16.5 Å². The summed E-state index contributed by atoms with van der Waals surface area (Å²) in [5.74, 6) is 1.22. The zero-order valence-corrected chi connectivity index (χ0v) is 9.59. The van der Waals surface area contributed by atoms with Gasteiger partial charge in [-0.3, -0.25) is 9.19 Å². The van der Waals surface area contributed by atoms with Crippen molar-refractivity contribution in [2.45, 2.75) is 18.4 Å². The minimum Gasteiger partial charge on any atom is -0.316 e. The maximum absolute atomic E-state index is 12.0. The molecule has 0 aliphatic carbocycles. The van der Waals surface area contributed by atoms with Crippen molar-refractivity contribution < 1.29 is 4.21 Å². The third kappa shape index (κ3) is 2.60. The van der Waals surface area contributed by atoms with Gasteiger partial charge in [-0.25, -0.2) is 4.98 Å². The molecule has 1 aromatic rings. The van der Waals surface area contributed by atoms with Crippen LogP contribution < -0.4 is 5.32 Å². The van der Waals surface area contributed by atoms with Crippen LogP contribution in [0.5, 0.6) is 0 Å². The highest BCUT2D eigenvalue weighted by Gasteiger charge is 2.19. The number of aromatic nitrogens is 2. The van der Waals surface area contributed by atoms with Crippen molar-refractivity contribution in [3.05, 3.63) is 18.1 Å². The fraction of sp³-hybridized carbons (Fsp3) is 0.600. The van der Waals surface area contributed by atoms with Gasteiger partial charge in [-0.05, 0) is 32.4 Å². The van der Waals surface area contributed by atoms with Crippen LogP contribution in [0.1, 0.15) is 12.1 Å². The lowest BCUT2D eigenvalue weighted by molar-refractivity contribution is 0.630. The smallest absolute Gasteiger partial charge is 0.148 e. The Hall–Kier alpha value is -0.810. The third-order valence-corrected chi connectivity index (χ3v) is 4.21. The lowest BCUT2D eigenvalue weighted by Gasteiger charge is -2.08. The van der Waals surface area contributed by atoms with Crippen molar-refractivity contribution in [1.82, 2.24) is 15.3 Å². The molecule has 15 heavy (non-hydrogen) atoms. The largest absolute Gasteiger partial charge is 0.316 e. The Labute approximate surface area is 92.0 Å². The molecule has 1 fully saturated rings. The Kier molecular flexibility index (Phi) is 3.43. The molecule has 5 heteroatoms. The molecule has 1 aliphatic heterocycles. The normalized spacial score (nSPS) is 22.9. The molecule has 0 saturated carbocycles. The quantitative estimate of drug-likeness (QED) is 0.814. The first kappa shape index (κ1) is 10.7. The molecule has 0 unspecified atom stereocenters. The summed E-state index contributed by atoms with van der Waals surface area (Å²) in [4.78, 5) is 8.24. The molecule has 0 amide bonds. The Morgan fingerprint density at radius 3 is 3.00 bits per heavy atom. The molecule has 1 saturated heterocycles. The van der Waals surface area contributed by atoms with Crippen LogP contribution in [0, 0.1) is 12.8 Å². The molecule has 2 atom stereocenters. The van der Waals surface area contributed by atoms with Crippen molar-refractivity contribution in [3.63, 3.8) is 0 Å². The molecule has 0 radical (unpaired) electrons. The van der Waals surface area contributed by atoms with Gasteiger partial charge in [0.25, 0.3) is 0 Å². The van der Waals surface area contributed by atoms with E-state index >= 15 is 0 Å². The summed E-state index contributed by atoms with van der Waals surface area (Å²) in [6, 6.07) is 0. The number of rotatable bonds is 3. The number of hydrogen-bond acceptors (Lipinski definition) is 4. The van der Waals surface area contributed by atoms with Crippen LogP contribution in [0.25, 0.3) is 0 Å². The van der Waals surface area contributed by atoms with Crippen LogP contribution in [0.15, 0.2) is 17.4 Å². The number of hydrogen-bond donors (Lipinski definition) is 1. The third-order valence-electron chi connectivity index (χ3n) is 2.60. The van der Waals surface area contributed by atoms with Gasteiger partial charge in [0.15, 0.2) is 0 Å². The van der Waals surface area contributed by atoms with Crippen molar-refractivity contribution in [2.24, 2.45) is 5.92 Å². The summed E-state index contributed by atoms with van der Waals surface area (Å²) >= 11 is 0. The van der Waals surface area contributed by atoms with Gasteiger partial charge in [0.1, 0.15) is 5.03 Å². The first-order chi connectivity index (χ1) is 7.27. The van der Waals surface area contributed by atoms with Crippen LogP contribution in [0.4, 0.5) is 0 Å². The van der Waals surface area contributed by atoms with Crippen LogP contribution >= 0.6 is 0 Å². The maximum atomic E-state index is 12.0. The van der Waals surface area contributed by atoms with Gasteiger partial charge in [-0.2, -0.15) is 0 Å². The van der Waals surface area contributed by atoms with Crippen molar-refractivity contribution in [1.29, 1.82) is 0 Å². The molecular formula is C10H15N3OS. The van der Waals surface area contributed by atoms with E-state index in [4.69, 9.17) is 0 Å². The van der Waals surface area contributed by atoms with Gasteiger partial charge in [-0.15, -0.1) is 0 Å². The summed E-state index contributed by atoms with van der Waals surface area (Å²) in [5.41, 5.74) is 0.779. The van der Waals surface area contributed by atoms with Gasteiger partial charge < -0.3 is 5.32 Å². The predicted octanol–water partition coefficient (Wildman–Crippen LogP) is 0.502. The van der Waals surface area contributed by atoms with Gasteiger partial charge in [-0.1, -0.05) is 0 Å². The number of aryl methyl sites for hydroxylation is 1. The van der Waals surface area contributed by atoms with E-state index in [1.165, 1.54) is 0 Å². The van der Waals surface area contributed by atoms with Crippen molar-refractivity contribution >= 4 is 10.8 Å². The Bertz CT molecular complexity index is 363. The molecular weight excluding hydrogens is 210 g/mol. The van der Waals surface area contributed by atoms with E-state index < -0.39 is 10.8 Å². The highest BCUT2D eigenvalue weighted by Crippen LogP contribution is 2.14. The molecule has 1 aliphatic rings. The van der Waals surface area contributed by atoms with E-state index in [1.807, 2.05) is 6.92 Å². The highest BCUT2D eigenvalue weighted by molar-refractivity contribution is 7.85. The Balaban J connectivity index is 2.04. The highest BCUT2D eigenvalue weighted by atomic mass is 32.2. The maximum Gasteiger partial charge on any atom is 0.148 e. The SMILES string of the molecule is Cc1nccnc1[S@@](=O)C[C@@H]1CCNC1. The van der Waals surface area contributed by atoms with Crippen molar-refractivity contribution in [2.75, 3.05) is 18.8 Å². The molecule has 0 bridgehead atoms. The molecule has 4 nitrogen and oxygen atoms in total. The van der Waals surface area contributed by atoms with Crippen molar-refractivity contribution in [3.8, 4) is 0 Å². The fourth-order valence-corrected chi connectivity index (χ4v) is 3.20. The monoisotopic (exact) mass is 225 g/mol. The van der Waals surface area contributed by atoms with Crippen LogP contribution in [-0.4, -0.2) is 33.0 Å². The van der Waals surface area contributed by atoms with E-state index in [0.29, 0.717) is 16.7 Å². The summed E-state index contributed by atoms with van der Waals surface area (Å²) in [6.07, 6.45) is 4.35. The second kappa shape index (κ2) is 4.81. The molecule has 2 rings (SSSR count).